The van der Waals surface area contributed by atoms with Crippen LogP contribution in [0.5, 0.6) is 0 Å². The van der Waals surface area contributed by atoms with Crippen LogP contribution in [0, 0.1) is 0 Å². The Kier molecular flexibility index (Phi) is 42.0. The van der Waals surface area contributed by atoms with E-state index in [0.29, 0.717) is 12.8 Å². The normalized spacial score (nSPS) is 20.5. The predicted octanol–water partition coefficient (Wildman–Crippen LogP) is 11.7. The van der Waals surface area contributed by atoms with Crippen molar-refractivity contribution in [3.63, 3.8) is 0 Å². The summed E-state index contributed by atoms with van der Waals surface area (Å²) in [7, 11) is 0. The maximum atomic E-state index is 13.3. The van der Waals surface area contributed by atoms with Gasteiger partial charge >= 0.3 is 5.97 Å². The van der Waals surface area contributed by atoms with Crippen molar-refractivity contribution in [2.75, 3.05) is 13.2 Å². The summed E-state index contributed by atoms with van der Waals surface area (Å²) in [6.07, 6.45) is 45.2. The first-order chi connectivity index (χ1) is 33.2. The molecular formula is C57H99NO10. The van der Waals surface area contributed by atoms with Crippen LogP contribution in [0.2, 0.25) is 0 Å². The summed E-state index contributed by atoms with van der Waals surface area (Å²) in [6, 6.07) is -1.04. The smallest absolute Gasteiger partial charge is 0.306 e. The van der Waals surface area contributed by atoms with Gasteiger partial charge in [-0.1, -0.05) is 209 Å². The van der Waals surface area contributed by atoms with Crippen molar-refractivity contribution < 1.29 is 49.3 Å². The van der Waals surface area contributed by atoms with Gasteiger partial charge in [0.15, 0.2) is 12.4 Å². The number of unbranched alkanes of at least 4 members (excludes halogenated alkanes) is 23. The monoisotopic (exact) mass is 958 g/mol. The number of amides is 1. The molecule has 11 heteroatoms. The van der Waals surface area contributed by atoms with Crippen molar-refractivity contribution in [3.05, 3.63) is 72.9 Å². The van der Waals surface area contributed by atoms with E-state index in [2.05, 4.69) is 50.4 Å². The molecule has 0 aromatic carbocycles. The first-order valence-electron chi connectivity index (χ1n) is 27.3. The Morgan fingerprint density at radius 1 is 0.588 bits per heavy atom. The number of rotatable bonds is 44. The number of hydrogen-bond acceptors (Lipinski definition) is 10. The molecule has 68 heavy (non-hydrogen) atoms. The number of aliphatic hydroxyl groups is 5. The van der Waals surface area contributed by atoms with Crippen LogP contribution in [0.1, 0.15) is 213 Å². The Hall–Kier alpha value is -2.90. The number of allylic oxidation sites excluding steroid dienone is 11. The number of ether oxygens (including phenoxy) is 3. The lowest BCUT2D eigenvalue weighted by Crippen LogP contribution is -2.61. The van der Waals surface area contributed by atoms with Gasteiger partial charge in [-0.3, -0.25) is 9.59 Å². The Morgan fingerprint density at radius 3 is 1.63 bits per heavy atom. The molecule has 0 aromatic heterocycles. The molecule has 0 spiro atoms. The minimum atomic E-state index is -1.63. The Balaban J connectivity index is 2.79. The summed E-state index contributed by atoms with van der Waals surface area (Å²) >= 11 is 0. The molecule has 1 heterocycles. The van der Waals surface area contributed by atoms with Crippen molar-refractivity contribution in [2.45, 2.75) is 262 Å². The minimum Gasteiger partial charge on any atom is -0.454 e. The predicted molar refractivity (Wildman–Crippen MR) is 278 cm³/mol. The highest BCUT2D eigenvalue weighted by molar-refractivity contribution is 5.80. The molecule has 8 atom stereocenters. The lowest BCUT2D eigenvalue weighted by Gasteiger charge is -2.41. The van der Waals surface area contributed by atoms with Crippen LogP contribution in [-0.2, 0) is 23.8 Å². The molecule has 1 rings (SSSR count). The number of esters is 1. The standard InChI is InChI=1S/C57H99NO10/c1-4-7-10-13-16-19-22-25-26-27-30-33-36-39-42-45-52(62)68-55-54(64)53(63)51(46-59)67-57(55)66-47-48(49(60)43-40-37-34-31-28-23-20-17-14-11-8-5-2)58-56(65)50(61)44-41-38-35-32-29-24-21-18-15-12-9-6-3/h7,10,13,16,19,22,25-26,29,32,40,43,48-51,53-55,57,59-61,63-64H,4-6,8-9,11-12,14-15,17-18,20-21,23-24,27-28,30-31,33-39,41-42,44-47H2,1-3H3,(H,58,65)/b10-7+,16-13+,22-19+,26-25-,32-29-,43-40+. The molecule has 1 amide bonds. The van der Waals surface area contributed by atoms with E-state index in [1.165, 1.54) is 89.9 Å². The molecule has 1 saturated heterocycles. The Bertz CT molecular complexity index is 1380. The number of aliphatic hydroxyl groups excluding tert-OH is 5. The molecule has 6 N–H and O–H groups in total. The fourth-order valence-corrected chi connectivity index (χ4v) is 8.07. The number of carbonyl (C=O) groups excluding carboxylic acids is 2. The van der Waals surface area contributed by atoms with Gasteiger partial charge in [0.2, 0.25) is 5.91 Å². The average Bonchev–Trinajstić information content (AvgIpc) is 3.33. The van der Waals surface area contributed by atoms with Crippen LogP contribution >= 0.6 is 0 Å². The molecule has 1 fully saturated rings. The fraction of sp³-hybridized carbons (Fsp3) is 0.754. The van der Waals surface area contributed by atoms with Crippen molar-refractivity contribution in [2.24, 2.45) is 0 Å². The van der Waals surface area contributed by atoms with Gasteiger partial charge < -0.3 is 45.1 Å². The summed E-state index contributed by atoms with van der Waals surface area (Å²) in [5.41, 5.74) is 0. The summed E-state index contributed by atoms with van der Waals surface area (Å²) < 4.78 is 17.5. The third kappa shape index (κ3) is 33.6. The first kappa shape index (κ1) is 63.1. The van der Waals surface area contributed by atoms with E-state index in [-0.39, 0.29) is 19.4 Å². The lowest BCUT2D eigenvalue weighted by molar-refractivity contribution is -0.305. The van der Waals surface area contributed by atoms with Crippen LogP contribution in [0.3, 0.4) is 0 Å². The molecule has 0 bridgehead atoms. The average molecular weight is 958 g/mol. The molecule has 11 nitrogen and oxygen atoms in total. The van der Waals surface area contributed by atoms with Gasteiger partial charge in [-0.2, -0.15) is 0 Å². The second-order valence-electron chi connectivity index (χ2n) is 18.7. The second-order valence-corrected chi connectivity index (χ2v) is 18.7. The molecule has 0 aliphatic carbocycles. The van der Waals surface area contributed by atoms with Gasteiger partial charge in [-0.15, -0.1) is 0 Å². The summed E-state index contributed by atoms with van der Waals surface area (Å²) in [4.78, 5) is 26.4. The Morgan fingerprint density at radius 2 is 1.07 bits per heavy atom. The van der Waals surface area contributed by atoms with Crippen LogP contribution in [0.4, 0.5) is 0 Å². The van der Waals surface area contributed by atoms with Crippen LogP contribution < -0.4 is 5.32 Å². The van der Waals surface area contributed by atoms with Gasteiger partial charge in [0.25, 0.3) is 0 Å². The SMILES string of the molecule is CC/C=C/C=C/C=C/C=C\CCCCCCCC(=O)OC1C(OCC(NC(=O)C(O)CCCC/C=C\CCCCCCCC)C(O)/C=C/CCCCCCCCCCCC)OC(CO)C(O)C1O. The summed E-state index contributed by atoms with van der Waals surface area (Å²) in [6.45, 7) is 5.58. The Labute approximate surface area is 413 Å². The van der Waals surface area contributed by atoms with Gasteiger partial charge in [-0.25, -0.2) is 0 Å². The molecule has 0 radical (unpaired) electrons. The van der Waals surface area contributed by atoms with Gasteiger partial charge in [0, 0.05) is 6.42 Å². The maximum absolute atomic E-state index is 13.3. The van der Waals surface area contributed by atoms with Crippen molar-refractivity contribution in [3.8, 4) is 0 Å². The van der Waals surface area contributed by atoms with E-state index in [0.717, 1.165) is 77.0 Å². The van der Waals surface area contributed by atoms with E-state index in [9.17, 15) is 35.1 Å². The lowest BCUT2D eigenvalue weighted by atomic mass is 9.99. The van der Waals surface area contributed by atoms with Gasteiger partial charge in [0.05, 0.1) is 25.4 Å². The third-order valence-corrected chi connectivity index (χ3v) is 12.4. The van der Waals surface area contributed by atoms with Crippen LogP contribution in [0.25, 0.3) is 0 Å². The zero-order valence-corrected chi connectivity index (χ0v) is 43.0. The highest BCUT2D eigenvalue weighted by atomic mass is 16.7. The topological polar surface area (TPSA) is 175 Å². The van der Waals surface area contributed by atoms with Gasteiger partial charge in [-0.05, 0) is 70.6 Å². The summed E-state index contributed by atoms with van der Waals surface area (Å²) in [5.74, 6) is -1.24. The molecule has 0 saturated carbocycles. The first-order valence-corrected chi connectivity index (χ1v) is 27.3. The largest absolute Gasteiger partial charge is 0.454 e. The van der Waals surface area contributed by atoms with E-state index in [4.69, 9.17) is 14.2 Å². The van der Waals surface area contributed by atoms with Crippen LogP contribution in [0.15, 0.2) is 72.9 Å². The number of nitrogens with one attached hydrogen (secondary N) is 1. The van der Waals surface area contributed by atoms with E-state index in [1.807, 2.05) is 42.5 Å². The highest BCUT2D eigenvalue weighted by Crippen LogP contribution is 2.26. The van der Waals surface area contributed by atoms with Crippen molar-refractivity contribution >= 4 is 11.9 Å². The van der Waals surface area contributed by atoms with Crippen molar-refractivity contribution in [1.82, 2.24) is 5.32 Å². The fourth-order valence-electron chi connectivity index (χ4n) is 8.07. The number of hydrogen-bond donors (Lipinski definition) is 6. The van der Waals surface area contributed by atoms with E-state index >= 15 is 0 Å². The van der Waals surface area contributed by atoms with Crippen LogP contribution in [-0.4, -0.2) is 99.6 Å². The molecule has 0 aromatic rings. The van der Waals surface area contributed by atoms with Crippen molar-refractivity contribution in [1.29, 1.82) is 0 Å². The zero-order chi connectivity index (χ0) is 49.7. The van der Waals surface area contributed by atoms with Gasteiger partial charge in [0.1, 0.15) is 24.4 Å². The summed E-state index contributed by atoms with van der Waals surface area (Å²) in [5, 5.41) is 56.6. The second kappa shape index (κ2) is 45.3. The zero-order valence-electron chi connectivity index (χ0n) is 43.0. The molecular weight excluding hydrogens is 859 g/mol. The molecule has 1 aliphatic heterocycles. The molecule has 392 valence electrons. The maximum Gasteiger partial charge on any atom is 0.306 e. The van der Waals surface area contributed by atoms with E-state index < -0.39 is 67.4 Å². The third-order valence-electron chi connectivity index (χ3n) is 12.4. The van der Waals surface area contributed by atoms with E-state index in [1.54, 1.807) is 6.08 Å². The molecule has 8 unspecified atom stereocenters. The minimum absolute atomic E-state index is 0.0930. The molecule has 1 aliphatic rings. The highest BCUT2D eigenvalue weighted by Gasteiger charge is 2.47. The quantitative estimate of drug-likeness (QED) is 0.0149. The number of carbonyl (C=O) groups is 2.